The average molecular weight is 264 g/mol. The predicted octanol–water partition coefficient (Wildman–Crippen LogP) is 2.97. The molecular weight excluding hydrogens is 246 g/mol. The van der Waals surface area contributed by atoms with Gasteiger partial charge in [-0.15, -0.1) is 0 Å². The number of rotatable bonds is 5. The first kappa shape index (κ1) is 13.1. The van der Waals surface area contributed by atoms with Crippen LogP contribution >= 0.6 is 11.6 Å². The molecule has 18 heavy (non-hydrogen) atoms. The molecule has 2 aromatic rings. The second-order valence-corrected chi connectivity index (χ2v) is 4.89. The maximum Gasteiger partial charge on any atom is 0.0521 e. The number of benzene rings is 1. The van der Waals surface area contributed by atoms with Gasteiger partial charge in [-0.2, -0.15) is 5.10 Å². The molecule has 0 saturated carbocycles. The van der Waals surface area contributed by atoms with Crippen LogP contribution in [0.3, 0.4) is 0 Å². The Labute approximate surface area is 113 Å². The van der Waals surface area contributed by atoms with E-state index in [0.29, 0.717) is 6.04 Å². The van der Waals surface area contributed by atoms with Gasteiger partial charge in [0.2, 0.25) is 0 Å². The minimum Gasteiger partial charge on any atom is -0.313 e. The standard InChI is InChI=1S/C14H18ClN3/c1-16-14(12-4-3-5-13(15)8-12)7-6-11-9-17-18(2)10-11/h3-5,8-10,14,16H,6-7H2,1-2H3. The van der Waals surface area contributed by atoms with Gasteiger partial charge in [0, 0.05) is 24.3 Å². The van der Waals surface area contributed by atoms with E-state index in [1.54, 1.807) is 0 Å². The fraction of sp³-hybridized carbons (Fsp3) is 0.357. The summed E-state index contributed by atoms with van der Waals surface area (Å²) in [5.41, 5.74) is 2.49. The second kappa shape index (κ2) is 6.03. The predicted molar refractivity (Wildman–Crippen MR) is 74.8 cm³/mol. The van der Waals surface area contributed by atoms with E-state index >= 15 is 0 Å². The van der Waals surface area contributed by atoms with E-state index in [2.05, 4.69) is 22.7 Å². The third kappa shape index (κ3) is 3.34. The second-order valence-electron chi connectivity index (χ2n) is 4.46. The molecule has 0 aliphatic heterocycles. The third-order valence-corrected chi connectivity index (χ3v) is 3.31. The number of halogens is 1. The van der Waals surface area contributed by atoms with E-state index in [4.69, 9.17) is 11.6 Å². The van der Waals surface area contributed by atoms with Crippen LogP contribution in [0.2, 0.25) is 5.02 Å². The van der Waals surface area contributed by atoms with Crippen molar-refractivity contribution in [2.24, 2.45) is 7.05 Å². The van der Waals surface area contributed by atoms with Crippen LogP contribution in [0.5, 0.6) is 0 Å². The van der Waals surface area contributed by atoms with E-state index in [1.807, 2.05) is 43.2 Å². The molecule has 0 fully saturated rings. The van der Waals surface area contributed by atoms with E-state index < -0.39 is 0 Å². The monoisotopic (exact) mass is 263 g/mol. The molecule has 0 saturated heterocycles. The molecular formula is C14H18ClN3. The molecule has 0 bridgehead atoms. The van der Waals surface area contributed by atoms with Crippen molar-refractivity contribution >= 4 is 11.6 Å². The average Bonchev–Trinajstić information content (AvgIpc) is 2.76. The summed E-state index contributed by atoms with van der Waals surface area (Å²) < 4.78 is 1.84. The summed E-state index contributed by atoms with van der Waals surface area (Å²) in [6.07, 6.45) is 6.02. The number of aromatic nitrogens is 2. The highest BCUT2D eigenvalue weighted by molar-refractivity contribution is 6.30. The fourth-order valence-corrected chi connectivity index (χ4v) is 2.31. The molecule has 1 aromatic heterocycles. The van der Waals surface area contributed by atoms with Gasteiger partial charge in [-0.05, 0) is 43.1 Å². The van der Waals surface area contributed by atoms with Crippen LogP contribution in [0.25, 0.3) is 0 Å². The first-order chi connectivity index (χ1) is 8.69. The molecule has 0 aliphatic carbocycles. The minimum atomic E-state index is 0.323. The first-order valence-corrected chi connectivity index (χ1v) is 6.47. The number of hydrogen-bond donors (Lipinski definition) is 1. The van der Waals surface area contributed by atoms with Crippen molar-refractivity contribution < 1.29 is 0 Å². The largest absolute Gasteiger partial charge is 0.313 e. The highest BCUT2D eigenvalue weighted by atomic mass is 35.5. The van der Waals surface area contributed by atoms with Crippen LogP contribution in [-0.4, -0.2) is 16.8 Å². The lowest BCUT2D eigenvalue weighted by molar-refractivity contribution is 0.549. The molecule has 0 aliphatic rings. The van der Waals surface area contributed by atoms with E-state index in [1.165, 1.54) is 11.1 Å². The molecule has 1 unspecified atom stereocenters. The molecule has 1 aromatic carbocycles. The summed E-state index contributed by atoms with van der Waals surface area (Å²) in [6, 6.07) is 8.34. The van der Waals surface area contributed by atoms with Crippen molar-refractivity contribution in [3.63, 3.8) is 0 Å². The van der Waals surface area contributed by atoms with Crippen molar-refractivity contribution in [3.05, 3.63) is 52.8 Å². The van der Waals surface area contributed by atoms with Crippen molar-refractivity contribution in [1.82, 2.24) is 15.1 Å². The zero-order chi connectivity index (χ0) is 13.0. The molecule has 1 N–H and O–H groups in total. The minimum absolute atomic E-state index is 0.323. The highest BCUT2D eigenvalue weighted by Crippen LogP contribution is 2.21. The summed E-state index contributed by atoms with van der Waals surface area (Å²) in [5, 5.41) is 8.31. The van der Waals surface area contributed by atoms with Crippen molar-refractivity contribution in [1.29, 1.82) is 0 Å². The van der Waals surface area contributed by atoms with Gasteiger partial charge < -0.3 is 5.32 Å². The van der Waals surface area contributed by atoms with Crippen molar-refractivity contribution in [2.45, 2.75) is 18.9 Å². The Morgan fingerprint density at radius 3 is 2.89 bits per heavy atom. The normalized spacial score (nSPS) is 12.6. The fourth-order valence-electron chi connectivity index (χ4n) is 2.11. The maximum atomic E-state index is 6.03. The zero-order valence-corrected chi connectivity index (χ0v) is 11.5. The van der Waals surface area contributed by atoms with Crippen LogP contribution < -0.4 is 5.32 Å². The quantitative estimate of drug-likeness (QED) is 0.899. The Kier molecular flexibility index (Phi) is 4.39. The molecule has 2 rings (SSSR count). The van der Waals surface area contributed by atoms with Crippen LogP contribution in [-0.2, 0) is 13.5 Å². The highest BCUT2D eigenvalue weighted by Gasteiger charge is 2.10. The van der Waals surface area contributed by atoms with Crippen LogP contribution in [0, 0.1) is 0 Å². The lowest BCUT2D eigenvalue weighted by atomic mass is 10.0. The number of aryl methyl sites for hydroxylation is 2. The van der Waals surface area contributed by atoms with Crippen molar-refractivity contribution in [2.75, 3.05) is 7.05 Å². The molecule has 1 heterocycles. The third-order valence-electron chi connectivity index (χ3n) is 3.08. The van der Waals surface area contributed by atoms with Crippen LogP contribution in [0.15, 0.2) is 36.7 Å². The van der Waals surface area contributed by atoms with Gasteiger partial charge in [-0.3, -0.25) is 4.68 Å². The summed E-state index contributed by atoms with van der Waals surface area (Å²) in [6.45, 7) is 0. The lowest BCUT2D eigenvalue weighted by Crippen LogP contribution is -2.17. The molecule has 96 valence electrons. The van der Waals surface area contributed by atoms with Gasteiger partial charge in [0.25, 0.3) is 0 Å². The molecule has 0 radical (unpaired) electrons. The van der Waals surface area contributed by atoms with Gasteiger partial charge in [-0.25, -0.2) is 0 Å². The zero-order valence-electron chi connectivity index (χ0n) is 10.7. The topological polar surface area (TPSA) is 29.9 Å². The van der Waals surface area contributed by atoms with Gasteiger partial charge in [-0.1, -0.05) is 23.7 Å². The number of nitrogens with one attached hydrogen (secondary N) is 1. The van der Waals surface area contributed by atoms with Gasteiger partial charge >= 0.3 is 0 Å². The number of nitrogens with zero attached hydrogens (tertiary/aromatic N) is 2. The Balaban J connectivity index is 2.01. The van der Waals surface area contributed by atoms with Gasteiger partial charge in [0.05, 0.1) is 6.20 Å². The molecule has 1 atom stereocenters. The Hall–Kier alpha value is -1.32. The van der Waals surface area contributed by atoms with Crippen LogP contribution in [0.4, 0.5) is 0 Å². The molecule has 0 spiro atoms. The number of hydrogen-bond acceptors (Lipinski definition) is 2. The van der Waals surface area contributed by atoms with Gasteiger partial charge in [0.15, 0.2) is 0 Å². The molecule has 3 nitrogen and oxygen atoms in total. The molecule has 0 amide bonds. The first-order valence-electron chi connectivity index (χ1n) is 6.09. The summed E-state index contributed by atoms with van der Waals surface area (Å²) in [4.78, 5) is 0. The van der Waals surface area contributed by atoms with E-state index in [9.17, 15) is 0 Å². The summed E-state index contributed by atoms with van der Waals surface area (Å²) >= 11 is 6.03. The Bertz CT molecular complexity index is 507. The summed E-state index contributed by atoms with van der Waals surface area (Å²) in [5.74, 6) is 0. The Morgan fingerprint density at radius 1 is 1.44 bits per heavy atom. The molecule has 4 heteroatoms. The van der Waals surface area contributed by atoms with Gasteiger partial charge in [0.1, 0.15) is 0 Å². The summed E-state index contributed by atoms with van der Waals surface area (Å²) in [7, 11) is 3.92. The maximum absolute atomic E-state index is 6.03. The van der Waals surface area contributed by atoms with E-state index in [-0.39, 0.29) is 0 Å². The lowest BCUT2D eigenvalue weighted by Gasteiger charge is -2.16. The van der Waals surface area contributed by atoms with Crippen LogP contribution in [0.1, 0.15) is 23.6 Å². The SMILES string of the molecule is CNC(CCc1cnn(C)c1)c1cccc(Cl)c1. The smallest absolute Gasteiger partial charge is 0.0521 e. The van der Waals surface area contributed by atoms with Crippen molar-refractivity contribution in [3.8, 4) is 0 Å². The van der Waals surface area contributed by atoms with E-state index in [0.717, 1.165) is 17.9 Å². The Morgan fingerprint density at radius 2 is 2.28 bits per heavy atom.